The van der Waals surface area contributed by atoms with Gasteiger partial charge >= 0.3 is 0 Å². The van der Waals surface area contributed by atoms with Gasteiger partial charge in [-0.15, -0.1) is 0 Å². The third-order valence-electron chi connectivity index (χ3n) is 8.21. The van der Waals surface area contributed by atoms with Crippen molar-refractivity contribution in [1.82, 2.24) is 0 Å². The minimum atomic E-state index is -0.517. The predicted molar refractivity (Wildman–Crippen MR) is 145 cm³/mol. The Bertz CT molecular complexity index is 1180. The molecule has 0 amide bonds. The van der Waals surface area contributed by atoms with Crippen LogP contribution in [0.5, 0.6) is 0 Å². The fourth-order valence-electron chi connectivity index (χ4n) is 5.86. The number of nitrogens with zero attached hydrogens (tertiary/aromatic N) is 1. The number of nitriles is 1. The van der Waals surface area contributed by atoms with Gasteiger partial charge in [0.2, 0.25) is 0 Å². The Balaban J connectivity index is 1.29. The van der Waals surface area contributed by atoms with Crippen molar-refractivity contribution >= 4 is 10.8 Å². The summed E-state index contributed by atoms with van der Waals surface area (Å²) in [7, 11) is 0. The van der Waals surface area contributed by atoms with Gasteiger partial charge < -0.3 is 0 Å². The number of fused-ring (bicyclic) bond motifs is 1. The zero-order valence-corrected chi connectivity index (χ0v) is 21.7. The van der Waals surface area contributed by atoms with E-state index in [-0.39, 0.29) is 11.4 Å². The number of benzene rings is 3. The molecule has 0 bridgehead atoms. The first-order valence-corrected chi connectivity index (χ1v) is 14.0. The molecule has 3 aromatic rings. The van der Waals surface area contributed by atoms with E-state index in [4.69, 9.17) is 5.26 Å². The van der Waals surface area contributed by atoms with Crippen LogP contribution < -0.4 is 0 Å². The van der Waals surface area contributed by atoms with Gasteiger partial charge in [-0.1, -0.05) is 101 Å². The first kappa shape index (κ1) is 26.3. The van der Waals surface area contributed by atoms with Crippen LogP contribution in [0.15, 0.2) is 48.5 Å². The lowest BCUT2D eigenvalue weighted by Crippen LogP contribution is -2.15. The second-order valence-corrected chi connectivity index (χ2v) is 10.8. The molecule has 0 N–H and O–H groups in total. The van der Waals surface area contributed by atoms with Crippen molar-refractivity contribution in [3.8, 4) is 6.07 Å². The summed E-state index contributed by atoms with van der Waals surface area (Å²) >= 11 is 0. The Morgan fingerprint density at radius 1 is 0.778 bits per heavy atom. The van der Waals surface area contributed by atoms with Gasteiger partial charge in [0.25, 0.3) is 0 Å². The molecule has 0 aliphatic heterocycles. The molecule has 1 aliphatic rings. The molecule has 3 aromatic carbocycles. The highest BCUT2D eigenvalue weighted by atomic mass is 19.1. The lowest BCUT2D eigenvalue weighted by Gasteiger charge is -2.28. The highest BCUT2D eigenvalue weighted by Gasteiger charge is 2.20. The average molecular weight is 488 g/mol. The summed E-state index contributed by atoms with van der Waals surface area (Å²) in [5.74, 6) is 1.09. The molecule has 190 valence electrons. The van der Waals surface area contributed by atoms with Gasteiger partial charge in [-0.2, -0.15) is 5.26 Å². The molecule has 1 aliphatic carbocycles. The Morgan fingerprint density at radius 3 is 2.22 bits per heavy atom. The molecule has 0 spiro atoms. The Kier molecular flexibility index (Phi) is 9.51. The first-order valence-electron chi connectivity index (χ1n) is 14.0. The Hall–Kier alpha value is -2.73. The van der Waals surface area contributed by atoms with Crippen molar-refractivity contribution < 1.29 is 8.78 Å². The van der Waals surface area contributed by atoms with E-state index in [0.717, 1.165) is 29.2 Å². The van der Waals surface area contributed by atoms with Gasteiger partial charge in [-0.25, -0.2) is 8.78 Å². The summed E-state index contributed by atoms with van der Waals surface area (Å²) < 4.78 is 29.1. The molecule has 0 saturated heterocycles. The number of unbranched alkanes of at least 4 members (excludes halogenated alkanes) is 3. The van der Waals surface area contributed by atoms with Crippen molar-refractivity contribution in [3.63, 3.8) is 0 Å². The van der Waals surface area contributed by atoms with E-state index in [0.29, 0.717) is 23.8 Å². The van der Waals surface area contributed by atoms with Gasteiger partial charge in [0.15, 0.2) is 0 Å². The van der Waals surface area contributed by atoms with Crippen LogP contribution in [0.4, 0.5) is 8.78 Å². The SMILES string of the molecule is CCCCCCC1CCC(CCc2ccc3c(F)c(CCc4ccc(C#N)c(F)c4)ccc3c2)CC1. The van der Waals surface area contributed by atoms with E-state index < -0.39 is 5.82 Å². The van der Waals surface area contributed by atoms with Gasteiger partial charge in [0.1, 0.15) is 17.7 Å². The molecular formula is C33H39F2N. The lowest BCUT2D eigenvalue weighted by atomic mass is 9.77. The van der Waals surface area contributed by atoms with E-state index in [1.54, 1.807) is 6.07 Å². The van der Waals surface area contributed by atoms with Crippen LogP contribution in [0.2, 0.25) is 0 Å². The fraction of sp³-hybridized carbons (Fsp3) is 0.485. The molecule has 0 atom stereocenters. The number of hydrogen-bond donors (Lipinski definition) is 0. The molecule has 0 heterocycles. The van der Waals surface area contributed by atoms with E-state index in [9.17, 15) is 4.39 Å². The summed E-state index contributed by atoms with van der Waals surface area (Å²) in [5.41, 5.74) is 2.75. The van der Waals surface area contributed by atoms with Crippen molar-refractivity contribution in [1.29, 1.82) is 5.26 Å². The number of aryl methyl sites for hydroxylation is 3. The van der Waals surface area contributed by atoms with Crippen molar-refractivity contribution in [2.24, 2.45) is 11.8 Å². The number of hydrogen-bond acceptors (Lipinski definition) is 1. The molecule has 36 heavy (non-hydrogen) atoms. The quantitative estimate of drug-likeness (QED) is 0.247. The molecule has 4 rings (SSSR count). The third-order valence-corrected chi connectivity index (χ3v) is 8.21. The zero-order valence-electron chi connectivity index (χ0n) is 21.7. The topological polar surface area (TPSA) is 23.8 Å². The van der Waals surface area contributed by atoms with E-state index in [1.165, 1.54) is 81.9 Å². The van der Waals surface area contributed by atoms with Crippen LogP contribution in [-0.2, 0) is 19.3 Å². The normalized spacial score (nSPS) is 17.8. The van der Waals surface area contributed by atoms with E-state index in [2.05, 4.69) is 19.1 Å². The molecule has 1 saturated carbocycles. The summed E-state index contributed by atoms with van der Waals surface area (Å²) in [6.07, 6.45) is 15.8. The van der Waals surface area contributed by atoms with E-state index in [1.807, 2.05) is 24.3 Å². The maximum atomic E-state index is 15.2. The average Bonchev–Trinajstić information content (AvgIpc) is 2.90. The summed E-state index contributed by atoms with van der Waals surface area (Å²) in [4.78, 5) is 0. The number of halogens is 2. The van der Waals surface area contributed by atoms with Crippen molar-refractivity contribution in [3.05, 3.63) is 82.4 Å². The van der Waals surface area contributed by atoms with Crippen LogP contribution in [0.3, 0.4) is 0 Å². The summed E-state index contributed by atoms with van der Waals surface area (Å²) in [6, 6.07) is 16.5. The van der Waals surface area contributed by atoms with Gasteiger partial charge in [0.05, 0.1) is 5.56 Å². The Labute approximate surface area is 215 Å². The van der Waals surface area contributed by atoms with Crippen LogP contribution in [0.25, 0.3) is 10.8 Å². The van der Waals surface area contributed by atoms with Gasteiger partial charge in [0, 0.05) is 5.39 Å². The van der Waals surface area contributed by atoms with Crippen molar-refractivity contribution in [2.75, 3.05) is 0 Å². The van der Waals surface area contributed by atoms with Crippen LogP contribution >= 0.6 is 0 Å². The Morgan fingerprint density at radius 2 is 1.50 bits per heavy atom. The predicted octanol–water partition coefficient (Wildman–Crippen LogP) is 9.48. The van der Waals surface area contributed by atoms with Gasteiger partial charge in [-0.3, -0.25) is 0 Å². The maximum absolute atomic E-state index is 15.2. The minimum absolute atomic E-state index is 0.0388. The largest absolute Gasteiger partial charge is 0.206 e. The molecule has 1 fully saturated rings. The standard InChI is InChI=1S/C33H39F2N/c1-2-3-4-5-6-24-7-9-25(10-8-24)11-12-26-15-20-31-29(21-26)19-18-28(33(31)35)16-13-27-14-17-30(23-36)32(34)22-27/h14-15,17-22,24-25H,2-13,16H2,1H3. The summed E-state index contributed by atoms with van der Waals surface area (Å²) in [5, 5.41) is 10.5. The second-order valence-electron chi connectivity index (χ2n) is 10.8. The van der Waals surface area contributed by atoms with Crippen LogP contribution in [0, 0.1) is 34.8 Å². The molecule has 0 radical (unpaired) electrons. The lowest BCUT2D eigenvalue weighted by molar-refractivity contribution is 0.249. The zero-order chi connectivity index (χ0) is 25.3. The monoisotopic (exact) mass is 487 g/mol. The smallest absolute Gasteiger partial charge is 0.141 e. The van der Waals surface area contributed by atoms with Crippen molar-refractivity contribution in [2.45, 2.75) is 90.4 Å². The number of rotatable bonds is 11. The molecule has 3 heteroatoms. The third kappa shape index (κ3) is 6.94. The molecular weight excluding hydrogens is 448 g/mol. The highest BCUT2D eigenvalue weighted by Crippen LogP contribution is 2.34. The highest BCUT2D eigenvalue weighted by molar-refractivity contribution is 5.84. The van der Waals surface area contributed by atoms with Crippen LogP contribution in [0.1, 0.15) is 93.4 Å². The van der Waals surface area contributed by atoms with E-state index >= 15 is 4.39 Å². The summed E-state index contributed by atoms with van der Waals surface area (Å²) in [6.45, 7) is 2.28. The second kappa shape index (κ2) is 13.0. The molecule has 0 unspecified atom stereocenters. The molecule has 0 aromatic heterocycles. The fourth-order valence-corrected chi connectivity index (χ4v) is 5.86. The minimum Gasteiger partial charge on any atom is -0.206 e. The van der Waals surface area contributed by atoms with Crippen LogP contribution in [-0.4, -0.2) is 0 Å². The first-order chi connectivity index (χ1) is 17.6. The van der Waals surface area contributed by atoms with Gasteiger partial charge in [-0.05, 0) is 71.7 Å². The molecule has 1 nitrogen and oxygen atoms in total. The maximum Gasteiger partial charge on any atom is 0.141 e.